The molecule has 19 heavy (non-hydrogen) atoms. The van der Waals surface area contributed by atoms with Crippen LogP contribution in [0, 0.1) is 5.92 Å². The average Bonchev–Trinajstić information content (AvgIpc) is 2.63. The Morgan fingerprint density at radius 2 is 1.84 bits per heavy atom. The van der Waals surface area contributed by atoms with Crippen LogP contribution in [0.1, 0.15) is 38.5 Å². The molecule has 0 atom stereocenters. The van der Waals surface area contributed by atoms with Crippen LogP contribution in [0.15, 0.2) is 30.3 Å². The molecule has 0 saturated heterocycles. The molecule has 0 unspecified atom stereocenters. The second-order valence-electron chi connectivity index (χ2n) is 5.33. The molecule has 0 spiro atoms. The van der Waals surface area contributed by atoms with Crippen molar-refractivity contribution in [2.75, 3.05) is 5.32 Å². The Morgan fingerprint density at radius 3 is 2.58 bits per heavy atom. The van der Waals surface area contributed by atoms with Crippen LogP contribution in [0.5, 0.6) is 0 Å². The van der Waals surface area contributed by atoms with Gasteiger partial charge in [0.15, 0.2) is 0 Å². The summed E-state index contributed by atoms with van der Waals surface area (Å²) in [5, 5.41) is 5.30. The number of amides is 1. The molecule has 1 aliphatic rings. The Morgan fingerprint density at radius 1 is 1.11 bits per heavy atom. The van der Waals surface area contributed by atoms with Gasteiger partial charge in [-0.15, -0.1) is 11.3 Å². The van der Waals surface area contributed by atoms with Crippen LogP contribution in [0.3, 0.4) is 0 Å². The smallest absolute Gasteiger partial charge is 0.228 e. The van der Waals surface area contributed by atoms with Gasteiger partial charge in [-0.05, 0) is 30.4 Å². The van der Waals surface area contributed by atoms with Gasteiger partial charge < -0.3 is 5.32 Å². The topological polar surface area (TPSA) is 29.1 Å². The Bertz CT molecular complexity index is 534. The lowest BCUT2D eigenvalue weighted by Crippen LogP contribution is -2.21. The van der Waals surface area contributed by atoms with Crippen LogP contribution in [0.2, 0.25) is 0 Å². The fraction of sp³-hybridized carbons (Fsp3) is 0.438. The number of hydrogen-bond acceptors (Lipinski definition) is 2. The summed E-state index contributed by atoms with van der Waals surface area (Å²) < 4.78 is 1.23. The molecular formula is C16H19NOS. The first-order valence-electron chi connectivity index (χ1n) is 7.12. The monoisotopic (exact) mass is 273 g/mol. The summed E-state index contributed by atoms with van der Waals surface area (Å²) in [4.78, 5) is 12.3. The zero-order chi connectivity index (χ0) is 13.1. The first-order chi connectivity index (χ1) is 9.33. The van der Waals surface area contributed by atoms with Crippen molar-refractivity contribution in [3.8, 4) is 0 Å². The molecule has 0 aliphatic heterocycles. The van der Waals surface area contributed by atoms with Gasteiger partial charge in [0.25, 0.3) is 0 Å². The van der Waals surface area contributed by atoms with E-state index in [0.29, 0.717) is 0 Å². The van der Waals surface area contributed by atoms with Crippen molar-refractivity contribution in [3.63, 3.8) is 0 Å². The summed E-state index contributed by atoms with van der Waals surface area (Å²) in [5.74, 6) is 0.432. The van der Waals surface area contributed by atoms with E-state index >= 15 is 0 Å². The highest BCUT2D eigenvalue weighted by Crippen LogP contribution is 2.31. The molecule has 0 radical (unpaired) electrons. The van der Waals surface area contributed by atoms with Crippen molar-refractivity contribution in [2.45, 2.75) is 38.5 Å². The minimum atomic E-state index is 0.215. The van der Waals surface area contributed by atoms with Gasteiger partial charge in [0.1, 0.15) is 0 Å². The second kappa shape index (κ2) is 5.74. The SMILES string of the molecule is O=C(Nc1cc2ccccc2s1)C1CCCCCC1. The van der Waals surface area contributed by atoms with Gasteiger partial charge in [0, 0.05) is 10.6 Å². The lowest BCUT2D eigenvalue weighted by molar-refractivity contribution is -0.120. The first kappa shape index (κ1) is 12.7. The molecule has 1 saturated carbocycles. The third kappa shape index (κ3) is 2.98. The van der Waals surface area contributed by atoms with E-state index in [1.807, 2.05) is 12.1 Å². The van der Waals surface area contributed by atoms with Crippen molar-refractivity contribution in [1.82, 2.24) is 0 Å². The molecule has 1 aromatic carbocycles. The normalized spacial score (nSPS) is 17.3. The van der Waals surface area contributed by atoms with Crippen LogP contribution in [-0.2, 0) is 4.79 Å². The molecule has 1 N–H and O–H groups in total. The standard InChI is InChI=1S/C16H19NOS/c18-16(12-7-3-1-2-4-8-12)17-15-11-13-9-5-6-10-14(13)19-15/h5-6,9-12H,1-4,7-8H2,(H,17,18). The lowest BCUT2D eigenvalue weighted by Gasteiger charge is -2.12. The zero-order valence-corrected chi connectivity index (χ0v) is 11.8. The van der Waals surface area contributed by atoms with E-state index in [-0.39, 0.29) is 11.8 Å². The third-order valence-corrected chi connectivity index (χ3v) is 4.93. The van der Waals surface area contributed by atoms with E-state index in [1.54, 1.807) is 11.3 Å². The molecule has 3 heteroatoms. The molecule has 3 rings (SSSR count). The number of rotatable bonds is 2. The van der Waals surface area contributed by atoms with Crippen LogP contribution >= 0.6 is 11.3 Å². The van der Waals surface area contributed by atoms with Gasteiger partial charge in [-0.25, -0.2) is 0 Å². The number of anilines is 1. The fourth-order valence-corrected chi connectivity index (χ4v) is 3.77. The Balaban J connectivity index is 1.71. The quantitative estimate of drug-likeness (QED) is 0.782. The first-order valence-corrected chi connectivity index (χ1v) is 7.94. The Labute approximate surface area is 117 Å². The van der Waals surface area contributed by atoms with Crippen LogP contribution < -0.4 is 5.32 Å². The Hall–Kier alpha value is -1.35. The maximum atomic E-state index is 12.3. The number of nitrogens with one attached hydrogen (secondary N) is 1. The van der Waals surface area contributed by atoms with Gasteiger partial charge in [-0.3, -0.25) is 4.79 Å². The molecule has 1 heterocycles. The lowest BCUT2D eigenvalue weighted by atomic mass is 10.00. The maximum Gasteiger partial charge on any atom is 0.228 e. The van der Waals surface area contributed by atoms with E-state index in [4.69, 9.17) is 0 Å². The molecule has 1 aliphatic carbocycles. The van der Waals surface area contributed by atoms with Crippen molar-refractivity contribution < 1.29 is 4.79 Å². The molecule has 0 bridgehead atoms. The number of hydrogen-bond donors (Lipinski definition) is 1. The summed E-state index contributed by atoms with van der Waals surface area (Å²) in [6.07, 6.45) is 7.07. The predicted molar refractivity (Wildman–Crippen MR) is 81.6 cm³/mol. The highest BCUT2D eigenvalue weighted by Gasteiger charge is 2.20. The van der Waals surface area contributed by atoms with Gasteiger partial charge in [-0.1, -0.05) is 43.9 Å². The highest BCUT2D eigenvalue weighted by atomic mass is 32.1. The second-order valence-corrected chi connectivity index (χ2v) is 6.41. The number of benzene rings is 1. The number of carbonyl (C=O) groups is 1. The van der Waals surface area contributed by atoms with E-state index in [0.717, 1.165) is 17.8 Å². The predicted octanol–water partition coefficient (Wildman–Crippen LogP) is 4.81. The average molecular weight is 273 g/mol. The third-order valence-electron chi connectivity index (χ3n) is 3.90. The molecule has 1 aromatic heterocycles. The molecule has 2 aromatic rings. The number of fused-ring (bicyclic) bond motifs is 1. The Kier molecular flexibility index (Phi) is 3.83. The molecular weight excluding hydrogens is 254 g/mol. The fourth-order valence-electron chi connectivity index (χ4n) is 2.81. The molecule has 1 amide bonds. The van der Waals surface area contributed by atoms with Crippen LogP contribution in [-0.4, -0.2) is 5.91 Å². The molecule has 2 nitrogen and oxygen atoms in total. The number of thiophene rings is 1. The minimum Gasteiger partial charge on any atom is -0.317 e. The largest absolute Gasteiger partial charge is 0.317 e. The summed E-state index contributed by atoms with van der Waals surface area (Å²) in [5.41, 5.74) is 0. The van der Waals surface area contributed by atoms with Crippen molar-refractivity contribution in [2.24, 2.45) is 5.92 Å². The van der Waals surface area contributed by atoms with Crippen LogP contribution in [0.25, 0.3) is 10.1 Å². The van der Waals surface area contributed by atoms with E-state index in [9.17, 15) is 4.79 Å². The minimum absolute atomic E-state index is 0.215. The summed E-state index contributed by atoms with van der Waals surface area (Å²) in [6.45, 7) is 0. The summed E-state index contributed by atoms with van der Waals surface area (Å²) in [7, 11) is 0. The molecule has 1 fully saturated rings. The van der Waals surface area contributed by atoms with E-state index < -0.39 is 0 Å². The highest BCUT2D eigenvalue weighted by molar-refractivity contribution is 7.22. The van der Waals surface area contributed by atoms with Gasteiger partial charge >= 0.3 is 0 Å². The van der Waals surface area contributed by atoms with Crippen molar-refractivity contribution >= 4 is 32.3 Å². The van der Waals surface area contributed by atoms with Crippen molar-refractivity contribution in [1.29, 1.82) is 0 Å². The van der Waals surface area contributed by atoms with Gasteiger partial charge in [-0.2, -0.15) is 0 Å². The molecule has 100 valence electrons. The summed E-state index contributed by atoms with van der Waals surface area (Å²) in [6, 6.07) is 10.3. The van der Waals surface area contributed by atoms with E-state index in [2.05, 4.69) is 23.5 Å². The van der Waals surface area contributed by atoms with Gasteiger partial charge in [0.05, 0.1) is 5.00 Å². The number of carbonyl (C=O) groups excluding carboxylic acids is 1. The van der Waals surface area contributed by atoms with Crippen molar-refractivity contribution in [3.05, 3.63) is 30.3 Å². The summed E-state index contributed by atoms with van der Waals surface area (Å²) >= 11 is 1.66. The maximum absolute atomic E-state index is 12.3. The zero-order valence-electron chi connectivity index (χ0n) is 11.0. The van der Waals surface area contributed by atoms with Gasteiger partial charge in [0.2, 0.25) is 5.91 Å². The van der Waals surface area contributed by atoms with E-state index in [1.165, 1.54) is 35.8 Å². The van der Waals surface area contributed by atoms with Crippen LogP contribution in [0.4, 0.5) is 5.00 Å².